The number of benzene rings is 1. The smallest absolute Gasteiger partial charge is 0.224 e. The summed E-state index contributed by atoms with van der Waals surface area (Å²) in [6.45, 7) is 4.62. The van der Waals surface area contributed by atoms with Crippen molar-refractivity contribution in [1.82, 2.24) is 4.98 Å². The van der Waals surface area contributed by atoms with E-state index in [1.165, 1.54) is 0 Å². The molecule has 2 aromatic rings. The topological polar surface area (TPSA) is 51.2 Å². The van der Waals surface area contributed by atoms with Crippen LogP contribution in [0.1, 0.15) is 30.3 Å². The number of aryl methyl sites for hydroxylation is 2. The molecule has 1 aromatic carbocycles. The van der Waals surface area contributed by atoms with Crippen LogP contribution in [0.2, 0.25) is 5.02 Å². The number of thiazole rings is 1. The molecule has 0 atom stereocenters. The summed E-state index contributed by atoms with van der Waals surface area (Å²) in [5.41, 5.74) is 3.48. The van der Waals surface area contributed by atoms with Crippen molar-refractivity contribution in [2.24, 2.45) is 0 Å². The van der Waals surface area contributed by atoms with E-state index in [4.69, 9.17) is 16.3 Å². The molecule has 1 amide bonds. The predicted molar refractivity (Wildman–Crippen MR) is 91.0 cm³/mol. The molecular formula is C16H19ClN2O2S. The molecule has 0 aliphatic carbocycles. The summed E-state index contributed by atoms with van der Waals surface area (Å²) in [7, 11) is 0. The van der Waals surface area contributed by atoms with E-state index in [2.05, 4.69) is 10.3 Å². The molecular weight excluding hydrogens is 320 g/mol. The normalized spacial score (nSPS) is 10.5. The van der Waals surface area contributed by atoms with Gasteiger partial charge in [-0.2, -0.15) is 0 Å². The second kappa shape index (κ2) is 8.15. The Morgan fingerprint density at radius 2 is 2.27 bits per heavy atom. The van der Waals surface area contributed by atoms with Crippen molar-refractivity contribution in [3.63, 3.8) is 0 Å². The molecule has 0 aliphatic rings. The number of aromatic nitrogens is 1. The van der Waals surface area contributed by atoms with Crippen molar-refractivity contribution in [2.45, 2.75) is 33.1 Å². The molecule has 4 nitrogen and oxygen atoms in total. The standard InChI is InChI=1S/C16H19ClN2O2S/c1-3-8-21-14-5-4-12(9-13(14)17)19-16(20)7-6-15-11(2)18-10-22-15/h4-5,9-10H,3,6-8H2,1-2H3,(H,19,20). The summed E-state index contributed by atoms with van der Waals surface area (Å²) < 4.78 is 5.51. The van der Waals surface area contributed by atoms with Crippen LogP contribution < -0.4 is 10.1 Å². The largest absolute Gasteiger partial charge is 0.492 e. The Hall–Kier alpha value is -1.59. The third-order valence-electron chi connectivity index (χ3n) is 3.10. The van der Waals surface area contributed by atoms with Crippen molar-refractivity contribution < 1.29 is 9.53 Å². The first kappa shape index (κ1) is 16.8. The van der Waals surface area contributed by atoms with Gasteiger partial charge in [-0.1, -0.05) is 18.5 Å². The maximum absolute atomic E-state index is 12.0. The first-order valence-corrected chi connectivity index (χ1v) is 8.47. The summed E-state index contributed by atoms with van der Waals surface area (Å²) >= 11 is 7.73. The number of hydrogen-bond acceptors (Lipinski definition) is 4. The molecule has 1 aromatic heterocycles. The SMILES string of the molecule is CCCOc1ccc(NC(=O)CCc2scnc2C)cc1Cl. The van der Waals surface area contributed by atoms with E-state index in [0.717, 1.165) is 17.0 Å². The first-order chi connectivity index (χ1) is 10.6. The van der Waals surface area contributed by atoms with E-state index < -0.39 is 0 Å². The molecule has 1 N–H and O–H groups in total. The molecule has 6 heteroatoms. The van der Waals surface area contributed by atoms with E-state index in [0.29, 0.717) is 35.9 Å². The lowest BCUT2D eigenvalue weighted by Gasteiger charge is -2.09. The van der Waals surface area contributed by atoms with E-state index in [1.807, 2.05) is 13.8 Å². The third-order valence-corrected chi connectivity index (χ3v) is 4.39. The fraction of sp³-hybridized carbons (Fsp3) is 0.375. The number of carbonyl (C=O) groups is 1. The van der Waals surface area contributed by atoms with Crippen molar-refractivity contribution in [2.75, 3.05) is 11.9 Å². The summed E-state index contributed by atoms with van der Waals surface area (Å²) in [6, 6.07) is 5.29. The number of hydrogen-bond donors (Lipinski definition) is 1. The zero-order valence-corrected chi connectivity index (χ0v) is 14.3. The minimum atomic E-state index is -0.0360. The van der Waals surface area contributed by atoms with Gasteiger partial charge in [-0.25, -0.2) is 4.98 Å². The number of anilines is 1. The molecule has 0 radical (unpaired) electrons. The molecule has 0 spiro atoms. The average molecular weight is 339 g/mol. The second-order valence-corrected chi connectivity index (χ2v) is 6.25. The highest BCUT2D eigenvalue weighted by Crippen LogP contribution is 2.28. The van der Waals surface area contributed by atoms with Gasteiger partial charge in [-0.15, -0.1) is 11.3 Å². The fourth-order valence-corrected chi connectivity index (χ4v) is 2.94. The maximum Gasteiger partial charge on any atom is 0.224 e. The van der Waals surface area contributed by atoms with Gasteiger partial charge < -0.3 is 10.1 Å². The summed E-state index contributed by atoms with van der Waals surface area (Å²) in [5, 5.41) is 3.36. The van der Waals surface area contributed by atoms with Gasteiger partial charge in [0, 0.05) is 17.0 Å². The van der Waals surface area contributed by atoms with Gasteiger partial charge in [0.15, 0.2) is 0 Å². The highest BCUT2D eigenvalue weighted by Gasteiger charge is 2.08. The van der Waals surface area contributed by atoms with Gasteiger partial charge in [-0.05, 0) is 38.0 Å². The Kier molecular flexibility index (Phi) is 6.21. The summed E-state index contributed by atoms with van der Waals surface area (Å²) in [4.78, 5) is 17.3. The lowest BCUT2D eigenvalue weighted by Crippen LogP contribution is -2.12. The van der Waals surface area contributed by atoms with Gasteiger partial charge in [0.05, 0.1) is 22.8 Å². The lowest BCUT2D eigenvalue weighted by molar-refractivity contribution is -0.116. The molecule has 2 rings (SSSR count). The highest BCUT2D eigenvalue weighted by molar-refractivity contribution is 7.09. The second-order valence-electron chi connectivity index (χ2n) is 4.90. The first-order valence-electron chi connectivity index (χ1n) is 7.21. The number of nitrogens with one attached hydrogen (secondary N) is 1. The number of ether oxygens (including phenoxy) is 1. The van der Waals surface area contributed by atoms with Crippen LogP contribution >= 0.6 is 22.9 Å². The third kappa shape index (κ3) is 4.71. The zero-order chi connectivity index (χ0) is 15.9. The van der Waals surface area contributed by atoms with Gasteiger partial charge >= 0.3 is 0 Å². The molecule has 0 saturated heterocycles. The quantitative estimate of drug-likeness (QED) is 0.810. The Morgan fingerprint density at radius 3 is 2.91 bits per heavy atom. The molecule has 0 saturated carbocycles. The molecule has 0 unspecified atom stereocenters. The Bertz CT molecular complexity index is 643. The van der Waals surface area contributed by atoms with E-state index in [9.17, 15) is 4.79 Å². The number of nitrogens with zero attached hydrogens (tertiary/aromatic N) is 1. The molecule has 118 valence electrons. The average Bonchev–Trinajstić information content (AvgIpc) is 2.90. The fourth-order valence-electron chi connectivity index (χ4n) is 1.92. The van der Waals surface area contributed by atoms with Crippen molar-refractivity contribution >= 4 is 34.5 Å². The Morgan fingerprint density at radius 1 is 1.45 bits per heavy atom. The Labute approximate surface area is 139 Å². The van der Waals surface area contributed by atoms with Crippen LogP contribution in [0.4, 0.5) is 5.69 Å². The zero-order valence-electron chi connectivity index (χ0n) is 12.7. The van der Waals surface area contributed by atoms with E-state index in [-0.39, 0.29) is 5.91 Å². The van der Waals surface area contributed by atoms with Gasteiger partial charge in [0.2, 0.25) is 5.91 Å². The van der Waals surface area contributed by atoms with Crippen LogP contribution in [0.15, 0.2) is 23.7 Å². The minimum Gasteiger partial charge on any atom is -0.492 e. The maximum atomic E-state index is 12.0. The molecule has 0 bridgehead atoms. The molecule has 1 heterocycles. The van der Waals surface area contributed by atoms with Crippen LogP contribution in [0.3, 0.4) is 0 Å². The molecule has 0 aliphatic heterocycles. The van der Waals surface area contributed by atoms with Crippen LogP contribution in [-0.4, -0.2) is 17.5 Å². The van der Waals surface area contributed by atoms with Crippen LogP contribution in [0, 0.1) is 6.92 Å². The number of halogens is 1. The monoisotopic (exact) mass is 338 g/mol. The summed E-state index contributed by atoms with van der Waals surface area (Å²) in [5.74, 6) is 0.605. The van der Waals surface area contributed by atoms with Crippen LogP contribution in [-0.2, 0) is 11.2 Å². The number of rotatable bonds is 7. The predicted octanol–water partition coefficient (Wildman–Crippen LogP) is 4.47. The highest BCUT2D eigenvalue weighted by atomic mass is 35.5. The number of carbonyl (C=O) groups excluding carboxylic acids is 1. The van der Waals surface area contributed by atoms with Crippen LogP contribution in [0.25, 0.3) is 0 Å². The van der Waals surface area contributed by atoms with E-state index in [1.54, 1.807) is 35.0 Å². The minimum absolute atomic E-state index is 0.0360. The molecule has 22 heavy (non-hydrogen) atoms. The van der Waals surface area contributed by atoms with Crippen LogP contribution in [0.5, 0.6) is 5.75 Å². The van der Waals surface area contributed by atoms with Crippen molar-refractivity contribution in [3.05, 3.63) is 39.3 Å². The summed E-state index contributed by atoms with van der Waals surface area (Å²) in [6.07, 6.45) is 2.05. The van der Waals surface area contributed by atoms with Crippen molar-refractivity contribution in [1.29, 1.82) is 0 Å². The van der Waals surface area contributed by atoms with Crippen molar-refractivity contribution in [3.8, 4) is 5.75 Å². The van der Waals surface area contributed by atoms with Gasteiger partial charge in [0.25, 0.3) is 0 Å². The molecule has 0 fully saturated rings. The van der Waals surface area contributed by atoms with E-state index >= 15 is 0 Å². The van der Waals surface area contributed by atoms with Gasteiger partial charge in [-0.3, -0.25) is 4.79 Å². The Balaban J connectivity index is 1.88. The number of amides is 1. The van der Waals surface area contributed by atoms with Gasteiger partial charge in [0.1, 0.15) is 5.75 Å². The lowest BCUT2D eigenvalue weighted by atomic mass is 10.2.